The molecule has 26 heavy (non-hydrogen) atoms. The van der Waals surface area contributed by atoms with Crippen LogP contribution in [0.5, 0.6) is 5.75 Å². The van der Waals surface area contributed by atoms with Crippen LogP contribution in [0.25, 0.3) is 0 Å². The van der Waals surface area contributed by atoms with Crippen LogP contribution >= 0.6 is 0 Å². The average molecular weight is 360 g/mol. The van der Waals surface area contributed by atoms with E-state index < -0.39 is 6.04 Å². The summed E-state index contributed by atoms with van der Waals surface area (Å²) in [6.45, 7) is 5.80. The number of likely N-dealkylation sites (tertiary alicyclic amines) is 1. The van der Waals surface area contributed by atoms with Gasteiger partial charge in [0.15, 0.2) is 0 Å². The zero-order chi connectivity index (χ0) is 18.9. The van der Waals surface area contributed by atoms with E-state index in [1.807, 2.05) is 29.2 Å². The Labute approximate surface area is 157 Å². The maximum absolute atomic E-state index is 12.8. The third-order valence-electron chi connectivity index (χ3n) is 4.81. The highest BCUT2D eigenvalue weighted by Gasteiger charge is 2.27. The van der Waals surface area contributed by atoms with Crippen molar-refractivity contribution >= 4 is 11.8 Å². The minimum atomic E-state index is -0.406. The summed E-state index contributed by atoms with van der Waals surface area (Å²) in [5.41, 5.74) is 1.09. The predicted octanol–water partition coefficient (Wildman–Crippen LogP) is 3.17. The minimum absolute atomic E-state index is 0.0585. The number of benzene rings is 1. The monoisotopic (exact) mass is 360 g/mol. The molecule has 144 valence electrons. The smallest absolute Gasteiger partial charge is 0.245 e. The molecular weight excluding hydrogens is 328 g/mol. The fourth-order valence-corrected chi connectivity index (χ4v) is 3.34. The molecule has 1 saturated heterocycles. The van der Waals surface area contributed by atoms with Crippen molar-refractivity contribution in [2.45, 2.75) is 58.4 Å². The van der Waals surface area contributed by atoms with Crippen molar-refractivity contribution in [3.8, 4) is 5.75 Å². The van der Waals surface area contributed by atoms with Crippen LogP contribution in [0.4, 0.5) is 0 Å². The van der Waals surface area contributed by atoms with Gasteiger partial charge in [-0.05, 0) is 55.7 Å². The van der Waals surface area contributed by atoms with E-state index in [0.29, 0.717) is 25.2 Å². The first-order valence-corrected chi connectivity index (χ1v) is 9.70. The molecule has 1 fully saturated rings. The standard InChI is InChI=1S/C21H32N2O3/c1-16(2)15-19(21(25)23-13-5-4-6-14-23)22-20(24)12-9-17-7-10-18(26-3)11-8-17/h7-8,10-11,16,19H,4-6,9,12-15H2,1-3H3,(H,22,24)/t19-/m1/s1. The number of hydrogen-bond acceptors (Lipinski definition) is 3. The van der Waals surface area contributed by atoms with Gasteiger partial charge < -0.3 is 15.0 Å². The van der Waals surface area contributed by atoms with E-state index in [-0.39, 0.29) is 11.8 Å². The number of ether oxygens (including phenoxy) is 1. The summed E-state index contributed by atoms with van der Waals surface area (Å²) in [5.74, 6) is 1.19. The Kier molecular flexibility index (Phi) is 7.95. The van der Waals surface area contributed by atoms with E-state index in [2.05, 4.69) is 19.2 Å². The quantitative estimate of drug-likeness (QED) is 0.775. The Morgan fingerprint density at radius 1 is 1.12 bits per heavy atom. The minimum Gasteiger partial charge on any atom is -0.497 e. The van der Waals surface area contributed by atoms with Crippen LogP contribution < -0.4 is 10.1 Å². The molecule has 0 unspecified atom stereocenters. The fraction of sp³-hybridized carbons (Fsp3) is 0.619. The molecule has 1 N–H and O–H groups in total. The lowest BCUT2D eigenvalue weighted by Crippen LogP contribution is -2.50. The number of methoxy groups -OCH3 is 1. The molecule has 1 aromatic carbocycles. The SMILES string of the molecule is COc1ccc(CCC(=O)N[C@H](CC(C)C)C(=O)N2CCCCC2)cc1. The number of carbonyl (C=O) groups excluding carboxylic acids is 2. The highest BCUT2D eigenvalue weighted by molar-refractivity contribution is 5.87. The molecular formula is C21H32N2O3. The maximum Gasteiger partial charge on any atom is 0.245 e. The van der Waals surface area contributed by atoms with Crippen molar-refractivity contribution in [1.29, 1.82) is 0 Å². The molecule has 1 heterocycles. The van der Waals surface area contributed by atoms with Gasteiger partial charge in [-0.2, -0.15) is 0 Å². The Bertz CT molecular complexity index is 577. The van der Waals surface area contributed by atoms with Crippen LogP contribution in [0, 0.1) is 5.92 Å². The van der Waals surface area contributed by atoms with E-state index >= 15 is 0 Å². The second kappa shape index (κ2) is 10.2. The van der Waals surface area contributed by atoms with E-state index in [1.54, 1.807) is 7.11 Å². The summed E-state index contributed by atoms with van der Waals surface area (Å²) in [4.78, 5) is 27.1. The number of aryl methyl sites for hydroxylation is 1. The predicted molar refractivity (Wildman–Crippen MR) is 103 cm³/mol. The summed E-state index contributed by atoms with van der Waals surface area (Å²) >= 11 is 0. The van der Waals surface area contributed by atoms with Gasteiger partial charge in [0.1, 0.15) is 11.8 Å². The van der Waals surface area contributed by atoms with Crippen molar-refractivity contribution in [1.82, 2.24) is 10.2 Å². The molecule has 1 aliphatic heterocycles. The third kappa shape index (κ3) is 6.36. The maximum atomic E-state index is 12.8. The second-order valence-electron chi connectivity index (χ2n) is 7.48. The Morgan fingerprint density at radius 3 is 2.35 bits per heavy atom. The van der Waals surface area contributed by atoms with Gasteiger partial charge in [-0.25, -0.2) is 0 Å². The van der Waals surface area contributed by atoms with E-state index in [1.165, 1.54) is 6.42 Å². The largest absolute Gasteiger partial charge is 0.497 e. The van der Waals surface area contributed by atoms with Crippen LogP contribution in [-0.4, -0.2) is 43.0 Å². The highest BCUT2D eigenvalue weighted by atomic mass is 16.5. The molecule has 2 rings (SSSR count). The molecule has 1 aromatic rings. The Balaban J connectivity index is 1.89. The molecule has 5 nitrogen and oxygen atoms in total. The molecule has 0 aromatic heterocycles. The van der Waals surface area contributed by atoms with Gasteiger partial charge in [-0.1, -0.05) is 26.0 Å². The van der Waals surface area contributed by atoms with Crippen molar-refractivity contribution in [2.75, 3.05) is 20.2 Å². The van der Waals surface area contributed by atoms with E-state index in [9.17, 15) is 9.59 Å². The first-order chi connectivity index (χ1) is 12.5. The first-order valence-electron chi connectivity index (χ1n) is 9.70. The number of piperidine rings is 1. The summed E-state index contributed by atoms with van der Waals surface area (Å²) in [6, 6.07) is 7.33. The van der Waals surface area contributed by atoms with E-state index in [4.69, 9.17) is 4.74 Å². The zero-order valence-corrected chi connectivity index (χ0v) is 16.3. The molecule has 1 atom stereocenters. The number of hydrogen-bond donors (Lipinski definition) is 1. The summed E-state index contributed by atoms with van der Waals surface area (Å²) in [6.07, 6.45) is 5.03. The van der Waals surface area contributed by atoms with Crippen molar-refractivity contribution < 1.29 is 14.3 Å². The van der Waals surface area contributed by atoms with Crippen LogP contribution in [-0.2, 0) is 16.0 Å². The molecule has 0 bridgehead atoms. The van der Waals surface area contributed by atoms with E-state index in [0.717, 1.165) is 37.2 Å². The zero-order valence-electron chi connectivity index (χ0n) is 16.3. The summed E-state index contributed by atoms with van der Waals surface area (Å²) in [5, 5.41) is 2.98. The molecule has 0 saturated carbocycles. The van der Waals surface area contributed by atoms with Gasteiger partial charge in [0, 0.05) is 19.5 Å². The van der Waals surface area contributed by atoms with Crippen LogP contribution in [0.2, 0.25) is 0 Å². The highest BCUT2D eigenvalue weighted by Crippen LogP contribution is 2.15. The molecule has 0 aliphatic carbocycles. The van der Waals surface area contributed by atoms with Gasteiger partial charge in [-0.15, -0.1) is 0 Å². The van der Waals surface area contributed by atoms with Crippen molar-refractivity contribution in [3.05, 3.63) is 29.8 Å². The lowest BCUT2D eigenvalue weighted by Gasteiger charge is -2.31. The summed E-state index contributed by atoms with van der Waals surface area (Å²) < 4.78 is 5.15. The lowest BCUT2D eigenvalue weighted by molar-refractivity contribution is -0.137. The Morgan fingerprint density at radius 2 is 1.77 bits per heavy atom. The molecule has 2 amide bonds. The number of rotatable bonds is 8. The van der Waals surface area contributed by atoms with Gasteiger partial charge in [0.05, 0.1) is 7.11 Å². The lowest BCUT2D eigenvalue weighted by atomic mass is 10.0. The van der Waals surface area contributed by atoms with Crippen molar-refractivity contribution in [2.24, 2.45) is 5.92 Å². The normalized spacial score (nSPS) is 15.6. The first kappa shape index (κ1) is 20.3. The fourth-order valence-electron chi connectivity index (χ4n) is 3.34. The second-order valence-corrected chi connectivity index (χ2v) is 7.48. The summed E-state index contributed by atoms with van der Waals surface area (Å²) in [7, 11) is 1.64. The van der Waals surface area contributed by atoms with Crippen LogP contribution in [0.1, 0.15) is 51.5 Å². The number of carbonyl (C=O) groups is 2. The number of amides is 2. The molecule has 1 aliphatic rings. The average Bonchev–Trinajstić information content (AvgIpc) is 2.66. The van der Waals surface area contributed by atoms with Crippen LogP contribution in [0.15, 0.2) is 24.3 Å². The Hall–Kier alpha value is -2.04. The van der Waals surface area contributed by atoms with Gasteiger partial charge in [0.25, 0.3) is 0 Å². The number of nitrogens with zero attached hydrogens (tertiary/aromatic N) is 1. The van der Waals surface area contributed by atoms with Gasteiger partial charge in [0.2, 0.25) is 11.8 Å². The van der Waals surface area contributed by atoms with Crippen molar-refractivity contribution in [3.63, 3.8) is 0 Å². The molecule has 0 spiro atoms. The van der Waals surface area contributed by atoms with Gasteiger partial charge >= 0.3 is 0 Å². The van der Waals surface area contributed by atoms with Crippen LogP contribution in [0.3, 0.4) is 0 Å². The molecule has 0 radical (unpaired) electrons. The number of nitrogens with one attached hydrogen (secondary N) is 1. The van der Waals surface area contributed by atoms with Gasteiger partial charge in [-0.3, -0.25) is 9.59 Å². The third-order valence-corrected chi connectivity index (χ3v) is 4.81. The molecule has 5 heteroatoms. The topological polar surface area (TPSA) is 58.6 Å².